The van der Waals surface area contributed by atoms with Gasteiger partial charge in [0.05, 0.1) is 7.11 Å². The van der Waals surface area contributed by atoms with Crippen LogP contribution in [-0.2, 0) is 16.6 Å². The first-order valence-electron chi connectivity index (χ1n) is 7.46. The summed E-state index contributed by atoms with van der Waals surface area (Å²) in [6, 6.07) is 3.81. The highest BCUT2D eigenvalue weighted by atomic mass is 16.5. The number of H-pyrrole nitrogens is 1. The van der Waals surface area contributed by atoms with Crippen molar-refractivity contribution in [1.29, 1.82) is 0 Å². The predicted octanol–water partition coefficient (Wildman–Crippen LogP) is 1.56. The van der Waals surface area contributed by atoms with Crippen LogP contribution in [0.4, 0.5) is 5.82 Å². The molecule has 0 radical (unpaired) electrons. The number of nitrogens with zero attached hydrogens (tertiary/aromatic N) is 3. The molecular weight excluding hydrogens is 310 g/mol. The minimum absolute atomic E-state index is 0.142. The molecule has 1 aliphatic rings. The Morgan fingerprint density at radius 3 is 3.08 bits per heavy atom. The van der Waals surface area contributed by atoms with Crippen LogP contribution in [0.15, 0.2) is 24.5 Å². The summed E-state index contributed by atoms with van der Waals surface area (Å²) in [6.07, 6.45) is 3.89. The Hall–Kier alpha value is -3.16. The zero-order valence-electron chi connectivity index (χ0n) is 13.2. The molecule has 3 aromatic rings. The molecule has 3 aromatic heterocycles. The minimum Gasteiger partial charge on any atom is -0.464 e. The van der Waals surface area contributed by atoms with E-state index < -0.39 is 5.97 Å². The molecule has 4 rings (SSSR count). The van der Waals surface area contributed by atoms with E-state index in [9.17, 15) is 9.59 Å². The number of methoxy groups -OCH3 is 1. The normalized spacial score (nSPS) is 16.8. The fourth-order valence-electron chi connectivity index (χ4n) is 3.30. The van der Waals surface area contributed by atoms with Crippen LogP contribution >= 0.6 is 0 Å². The summed E-state index contributed by atoms with van der Waals surface area (Å²) < 4.78 is 6.74. The number of aromatic amines is 1. The van der Waals surface area contributed by atoms with Crippen molar-refractivity contribution in [2.24, 2.45) is 7.05 Å². The van der Waals surface area contributed by atoms with Crippen molar-refractivity contribution in [1.82, 2.24) is 19.7 Å². The van der Waals surface area contributed by atoms with Crippen LogP contribution in [0, 0.1) is 0 Å². The molecule has 0 fully saturated rings. The van der Waals surface area contributed by atoms with E-state index in [4.69, 9.17) is 4.74 Å². The Balaban J connectivity index is 1.95. The smallest absolute Gasteiger partial charge is 0.356 e. The minimum atomic E-state index is -0.511. The van der Waals surface area contributed by atoms with Gasteiger partial charge in [0, 0.05) is 42.7 Å². The van der Waals surface area contributed by atoms with Gasteiger partial charge in [-0.05, 0) is 17.7 Å². The molecule has 0 saturated carbocycles. The lowest BCUT2D eigenvalue weighted by Crippen LogP contribution is -2.24. The topological polar surface area (TPSA) is 102 Å². The van der Waals surface area contributed by atoms with Crippen LogP contribution in [0.1, 0.15) is 34.0 Å². The molecule has 0 spiro atoms. The van der Waals surface area contributed by atoms with Gasteiger partial charge in [-0.3, -0.25) is 9.89 Å². The molecule has 8 nitrogen and oxygen atoms in total. The molecule has 1 atom stereocenters. The second-order valence-electron chi connectivity index (χ2n) is 5.73. The lowest BCUT2D eigenvalue weighted by molar-refractivity contribution is -0.116. The van der Waals surface area contributed by atoms with Gasteiger partial charge in [0.2, 0.25) is 5.91 Å². The fraction of sp³-hybridized carbons (Fsp3) is 0.250. The van der Waals surface area contributed by atoms with Crippen molar-refractivity contribution in [2.75, 3.05) is 12.4 Å². The molecule has 122 valence electrons. The monoisotopic (exact) mass is 325 g/mol. The summed E-state index contributed by atoms with van der Waals surface area (Å²) in [7, 11) is 3.22. The second-order valence-corrected chi connectivity index (χ2v) is 5.73. The summed E-state index contributed by atoms with van der Waals surface area (Å²) in [5.74, 6) is -0.577. The Morgan fingerprint density at radius 1 is 1.46 bits per heavy atom. The lowest BCUT2D eigenvalue weighted by Gasteiger charge is -2.22. The number of anilines is 1. The van der Waals surface area contributed by atoms with Gasteiger partial charge in [0.15, 0.2) is 5.82 Å². The summed E-state index contributed by atoms with van der Waals surface area (Å²) in [4.78, 5) is 28.5. The number of aryl methyl sites for hydroxylation is 1. The highest BCUT2D eigenvalue weighted by Crippen LogP contribution is 2.41. The van der Waals surface area contributed by atoms with Gasteiger partial charge < -0.3 is 14.6 Å². The molecule has 2 N–H and O–H groups in total. The molecule has 8 heteroatoms. The van der Waals surface area contributed by atoms with Crippen LogP contribution < -0.4 is 5.32 Å². The van der Waals surface area contributed by atoms with E-state index in [2.05, 4.69) is 20.5 Å². The number of carbonyl (C=O) groups excluding carboxylic acids is 2. The summed E-state index contributed by atoms with van der Waals surface area (Å²) in [6.45, 7) is 0. The molecule has 24 heavy (non-hydrogen) atoms. The summed E-state index contributed by atoms with van der Waals surface area (Å²) in [5.41, 5.74) is 2.67. The Morgan fingerprint density at radius 2 is 2.29 bits per heavy atom. The number of esters is 1. The highest BCUT2D eigenvalue weighted by Gasteiger charge is 2.35. The number of fused-ring (bicyclic) bond motifs is 2. The van der Waals surface area contributed by atoms with Crippen LogP contribution in [-0.4, -0.2) is 38.7 Å². The van der Waals surface area contributed by atoms with E-state index in [1.807, 2.05) is 29.9 Å². The zero-order valence-corrected chi connectivity index (χ0v) is 13.2. The van der Waals surface area contributed by atoms with Crippen LogP contribution in [0.3, 0.4) is 0 Å². The molecule has 1 aliphatic heterocycles. The number of aromatic nitrogens is 4. The number of nitrogens with one attached hydrogen (secondary N) is 2. The van der Waals surface area contributed by atoms with E-state index in [-0.39, 0.29) is 23.9 Å². The number of amides is 1. The number of hydrogen-bond acceptors (Lipinski definition) is 5. The van der Waals surface area contributed by atoms with Gasteiger partial charge in [-0.1, -0.05) is 0 Å². The zero-order chi connectivity index (χ0) is 16.8. The molecule has 0 aromatic carbocycles. The Kier molecular flexibility index (Phi) is 3.12. The van der Waals surface area contributed by atoms with Crippen LogP contribution in [0.2, 0.25) is 0 Å². The maximum absolute atomic E-state index is 12.1. The van der Waals surface area contributed by atoms with Gasteiger partial charge in [-0.15, -0.1) is 0 Å². The van der Waals surface area contributed by atoms with E-state index in [0.717, 1.165) is 16.6 Å². The molecular formula is C16H15N5O3. The van der Waals surface area contributed by atoms with Crippen LogP contribution in [0.5, 0.6) is 0 Å². The first kappa shape index (κ1) is 14.4. The molecule has 1 unspecified atom stereocenters. The van der Waals surface area contributed by atoms with Gasteiger partial charge in [-0.25, -0.2) is 9.78 Å². The average molecular weight is 325 g/mol. The number of rotatable bonds is 2. The summed E-state index contributed by atoms with van der Waals surface area (Å²) >= 11 is 0. The van der Waals surface area contributed by atoms with Gasteiger partial charge in [-0.2, -0.15) is 5.10 Å². The lowest BCUT2D eigenvalue weighted by atomic mass is 9.85. The summed E-state index contributed by atoms with van der Waals surface area (Å²) in [5, 5.41) is 10.4. The fourth-order valence-corrected chi connectivity index (χ4v) is 3.30. The third-order valence-electron chi connectivity index (χ3n) is 4.33. The molecule has 4 heterocycles. The maximum atomic E-state index is 12.1. The molecule has 0 aliphatic carbocycles. The molecule has 0 bridgehead atoms. The predicted molar refractivity (Wildman–Crippen MR) is 85.7 cm³/mol. The number of pyridine rings is 1. The first-order valence-corrected chi connectivity index (χ1v) is 7.46. The Bertz CT molecular complexity index is 971. The van der Waals surface area contributed by atoms with Crippen molar-refractivity contribution in [3.05, 3.63) is 41.3 Å². The third-order valence-corrected chi connectivity index (χ3v) is 4.33. The van der Waals surface area contributed by atoms with E-state index in [1.54, 1.807) is 6.20 Å². The van der Waals surface area contributed by atoms with Crippen molar-refractivity contribution in [3.8, 4) is 0 Å². The van der Waals surface area contributed by atoms with Crippen LogP contribution in [0.25, 0.3) is 11.0 Å². The number of carbonyl (C=O) groups is 2. The standard InChI is InChI=1S/C16H15N5O3/c1-21-7-10(8-4-3-5-17-15(8)21)9-6-11(22)18-14-12(9)13(19-20-14)16(23)24-2/h3-5,7,9H,6H2,1-2H3,(H2,18,19,20,22). The highest BCUT2D eigenvalue weighted by molar-refractivity contribution is 5.99. The first-order chi connectivity index (χ1) is 11.6. The van der Waals surface area contributed by atoms with Gasteiger partial charge in [0.25, 0.3) is 0 Å². The van der Waals surface area contributed by atoms with Gasteiger partial charge in [0.1, 0.15) is 11.3 Å². The third kappa shape index (κ3) is 1.99. The SMILES string of the molecule is COC(=O)c1[nH]nc2c1C(c1cn(C)c3ncccc13)CC(=O)N2. The molecule has 1 amide bonds. The van der Waals surface area contributed by atoms with Crippen molar-refractivity contribution < 1.29 is 14.3 Å². The second kappa shape index (κ2) is 5.19. The molecule has 0 saturated heterocycles. The number of hydrogen-bond donors (Lipinski definition) is 2. The van der Waals surface area contributed by atoms with Crippen molar-refractivity contribution >= 4 is 28.7 Å². The van der Waals surface area contributed by atoms with Crippen molar-refractivity contribution in [3.63, 3.8) is 0 Å². The largest absolute Gasteiger partial charge is 0.464 e. The van der Waals surface area contributed by atoms with Gasteiger partial charge >= 0.3 is 5.97 Å². The quantitative estimate of drug-likeness (QED) is 0.696. The maximum Gasteiger partial charge on any atom is 0.356 e. The Labute approximate surface area is 136 Å². The van der Waals surface area contributed by atoms with E-state index in [0.29, 0.717) is 11.4 Å². The van der Waals surface area contributed by atoms with E-state index >= 15 is 0 Å². The van der Waals surface area contributed by atoms with Crippen molar-refractivity contribution in [2.45, 2.75) is 12.3 Å². The average Bonchev–Trinajstić information content (AvgIpc) is 3.15. The van der Waals surface area contributed by atoms with E-state index in [1.165, 1.54) is 7.11 Å². The number of ether oxygens (including phenoxy) is 1.